The fourth-order valence-electron chi connectivity index (χ4n) is 3.30. The molecule has 5 nitrogen and oxygen atoms in total. The molecule has 28 heavy (non-hydrogen) atoms. The maximum Gasteiger partial charge on any atom is 0.209 e. The van der Waals surface area contributed by atoms with Gasteiger partial charge in [-0.3, -0.25) is 9.59 Å². The van der Waals surface area contributed by atoms with Crippen LogP contribution in [0.1, 0.15) is 104 Å². The van der Waals surface area contributed by atoms with Gasteiger partial charge in [0.15, 0.2) is 11.6 Å². The van der Waals surface area contributed by atoms with Crippen LogP contribution in [0.5, 0.6) is 0 Å². The van der Waals surface area contributed by atoms with E-state index in [9.17, 15) is 19.8 Å². The van der Waals surface area contributed by atoms with E-state index in [1.807, 2.05) is 0 Å². The Morgan fingerprint density at radius 1 is 0.857 bits per heavy atom. The van der Waals surface area contributed by atoms with E-state index in [1.54, 1.807) is 0 Å². The Morgan fingerprint density at radius 2 is 1.32 bits per heavy atom. The quantitative estimate of drug-likeness (QED) is 0.172. The first-order valence-electron chi connectivity index (χ1n) is 11.1. The summed E-state index contributed by atoms with van der Waals surface area (Å²) in [5.74, 6) is -1.54. The van der Waals surface area contributed by atoms with Gasteiger partial charge in [-0.15, -0.1) is 0 Å². The monoisotopic (exact) mass is 398 g/mol. The second kappa shape index (κ2) is 16.9. The zero-order valence-corrected chi connectivity index (χ0v) is 18.0. The molecular weight excluding hydrogens is 356 g/mol. The molecule has 2 atom stereocenters. The van der Waals surface area contributed by atoms with E-state index >= 15 is 0 Å². The highest BCUT2D eigenvalue weighted by Gasteiger charge is 2.46. The fraction of sp³-hybridized carbons (Fsp3) is 0.826. The zero-order chi connectivity index (χ0) is 21.3. The van der Waals surface area contributed by atoms with Crippen molar-refractivity contribution in [2.24, 2.45) is 0 Å². The van der Waals surface area contributed by atoms with E-state index < -0.39 is 29.9 Å². The number of hydrogen-bond donors (Lipinski definition) is 3. The van der Waals surface area contributed by atoms with Crippen LogP contribution >= 0.6 is 0 Å². The zero-order valence-electron chi connectivity index (χ0n) is 18.0. The molecule has 0 aliphatic carbocycles. The minimum absolute atomic E-state index is 0.0330. The molecular formula is C23H42O5. The van der Waals surface area contributed by atoms with Gasteiger partial charge < -0.3 is 15.3 Å². The number of aliphatic hydroxyl groups excluding tert-OH is 2. The van der Waals surface area contributed by atoms with E-state index in [1.165, 1.54) is 44.9 Å². The summed E-state index contributed by atoms with van der Waals surface area (Å²) in [7, 11) is 0. The van der Waals surface area contributed by atoms with Crippen molar-refractivity contribution in [3.63, 3.8) is 0 Å². The third kappa shape index (κ3) is 11.1. The maximum absolute atomic E-state index is 12.1. The largest absolute Gasteiger partial charge is 0.394 e. The van der Waals surface area contributed by atoms with Crippen LogP contribution in [0.25, 0.3) is 0 Å². The van der Waals surface area contributed by atoms with Gasteiger partial charge in [-0.05, 0) is 39.0 Å². The van der Waals surface area contributed by atoms with Crippen molar-refractivity contribution >= 4 is 11.6 Å². The van der Waals surface area contributed by atoms with Gasteiger partial charge in [0.1, 0.15) is 6.10 Å². The fourth-order valence-corrected chi connectivity index (χ4v) is 3.30. The number of rotatable bonds is 19. The lowest BCUT2D eigenvalue weighted by Gasteiger charge is -2.27. The van der Waals surface area contributed by atoms with Crippen molar-refractivity contribution in [2.45, 2.75) is 115 Å². The highest BCUT2D eigenvalue weighted by atomic mass is 16.4. The normalized spacial score (nSPS) is 14.9. The van der Waals surface area contributed by atoms with Crippen molar-refractivity contribution < 1.29 is 24.9 Å². The number of carbonyl (C=O) groups excluding carboxylic acids is 2. The SMILES string of the molecule is CCCCCCCC/C=C\CCCCCCCC(=O)C(O)(C(C)=O)[C@@H](O)CO. The molecule has 0 aromatic rings. The van der Waals surface area contributed by atoms with Gasteiger partial charge in [-0.25, -0.2) is 0 Å². The molecule has 0 amide bonds. The van der Waals surface area contributed by atoms with Gasteiger partial charge in [0.05, 0.1) is 6.61 Å². The smallest absolute Gasteiger partial charge is 0.209 e. The van der Waals surface area contributed by atoms with Crippen LogP contribution in [-0.2, 0) is 9.59 Å². The average molecular weight is 399 g/mol. The standard InChI is InChI=1S/C23H42O5/c1-3-4-5-6-7-8-9-10-11-12-13-14-15-16-17-18-21(26)23(28,20(2)25)22(27)19-24/h10-11,22,24,27-28H,3-9,12-19H2,1-2H3/b11-10-/t22-,23?/m0/s1. The summed E-state index contributed by atoms with van der Waals surface area (Å²) in [5.41, 5.74) is -2.48. The summed E-state index contributed by atoms with van der Waals surface area (Å²) in [6.07, 6.45) is 17.7. The van der Waals surface area contributed by atoms with Gasteiger partial charge in [0, 0.05) is 6.42 Å². The summed E-state index contributed by atoms with van der Waals surface area (Å²) in [4.78, 5) is 23.6. The van der Waals surface area contributed by atoms with Crippen LogP contribution in [0.2, 0.25) is 0 Å². The van der Waals surface area contributed by atoms with Crippen LogP contribution in [0.3, 0.4) is 0 Å². The number of carbonyl (C=O) groups is 2. The highest BCUT2D eigenvalue weighted by molar-refractivity contribution is 6.09. The van der Waals surface area contributed by atoms with Crippen LogP contribution in [0.15, 0.2) is 12.2 Å². The van der Waals surface area contributed by atoms with E-state index in [0.29, 0.717) is 6.42 Å². The summed E-state index contributed by atoms with van der Waals surface area (Å²) >= 11 is 0. The second-order valence-corrected chi connectivity index (χ2v) is 7.78. The van der Waals surface area contributed by atoms with Crippen molar-refractivity contribution in [1.29, 1.82) is 0 Å². The molecule has 1 unspecified atom stereocenters. The third-order valence-electron chi connectivity index (χ3n) is 5.28. The van der Waals surface area contributed by atoms with Crippen LogP contribution < -0.4 is 0 Å². The van der Waals surface area contributed by atoms with Gasteiger partial charge in [-0.2, -0.15) is 0 Å². The minimum atomic E-state index is -2.48. The molecule has 0 saturated heterocycles. The number of allylic oxidation sites excluding steroid dienone is 2. The molecule has 0 bridgehead atoms. The molecule has 0 aromatic carbocycles. The minimum Gasteiger partial charge on any atom is -0.394 e. The lowest BCUT2D eigenvalue weighted by Crippen LogP contribution is -2.56. The van der Waals surface area contributed by atoms with Gasteiger partial charge >= 0.3 is 0 Å². The third-order valence-corrected chi connectivity index (χ3v) is 5.28. The topological polar surface area (TPSA) is 94.8 Å². The Bertz CT molecular complexity index is 446. The van der Waals surface area contributed by atoms with Crippen LogP contribution in [0.4, 0.5) is 0 Å². The highest BCUT2D eigenvalue weighted by Crippen LogP contribution is 2.18. The Balaban J connectivity index is 3.70. The molecule has 0 rings (SSSR count). The Kier molecular flexibility index (Phi) is 16.2. The maximum atomic E-state index is 12.1. The first kappa shape index (κ1) is 27.0. The lowest BCUT2D eigenvalue weighted by atomic mass is 9.85. The number of Topliss-reactive ketones (excluding diaryl/α,β-unsaturated/α-hetero) is 2. The molecule has 0 heterocycles. The second-order valence-electron chi connectivity index (χ2n) is 7.78. The number of unbranched alkanes of at least 4 members (excludes halogenated alkanes) is 11. The van der Waals surface area contributed by atoms with E-state index in [-0.39, 0.29) is 6.42 Å². The van der Waals surface area contributed by atoms with Crippen molar-refractivity contribution in [1.82, 2.24) is 0 Å². The summed E-state index contributed by atoms with van der Waals surface area (Å²) < 4.78 is 0. The molecule has 164 valence electrons. The lowest BCUT2D eigenvalue weighted by molar-refractivity contribution is -0.165. The molecule has 3 N–H and O–H groups in total. The molecule has 0 aromatic heterocycles. The molecule has 0 saturated carbocycles. The molecule has 5 heteroatoms. The Labute approximate surface area is 171 Å². The summed E-state index contributed by atoms with van der Waals surface area (Å²) in [5, 5.41) is 28.7. The van der Waals surface area contributed by atoms with Crippen molar-refractivity contribution in [3.8, 4) is 0 Å². The first-order valence-corrected chi connectivity index (χ1v) is 11.1. The van der Waals surface area contributed by atoms with Gasteiger partial charge in [0.2, 0.25) is 5.60 Å². The molecule has 0 spiro atoms. The van der Waals surface area contributed by atoms with E-state index in [2.05, 4.69) is 19.1 Å². The molecule has 0 radical (unpaired) electrons. The molecule has 0 aliphatic rings. The predicted molar refractivity (Wildman–Crippen MR) is 113 cm³/mol. The van der Waals surface area contributed by atoms with E-state index in [4.69, 9.17) is 5.11 Å². The summed E-state index contributed by atoms with van der Waals surface area (Å²) in [6, 6.07) is 0. The first-order chi connectivity index (χ1) is 13.4. The molecule has 0 fully saturated rings. The van der Waals surface area contributed by atoms with Crippen molar-refractivity contribution in [3.05, 3.63) is 12.2 Å². The van der Waals surface area contributed by atoms with Crippen LogP contribution in [0, 0.1) is 0 Å². The Morgan fingerprint density at radius 3 is 1.79 bits per heavy atom. The number of hydrogen-bond acceptors (Lipinski definition) is 5. The number of ketones is 2. The predicted octanol–water partition coefficient (Wildman–Crippen LogP) is 4.27. The summed E-state index contributed by atoms with van der Waals surface area (Å²) in [6.45, 7) is 2.46. The molecule has 0 aliphatic heterocycles. The van der Waals surface area contributed by atoms with E-state index in [0.717, 1.165) is 39.0 Å². The van der Waals surface area contributed by atoms with Crippen molar-refractivity contribution in [2.75, 3.05) is 6.61 Å². The van der Waals surface area contributed by atoms with Crippen LogP contribution in [-0.4, -0.2) is 45.2 Å². The van der Waals surface area contributed by atoms with Gasteiger partial charge in [0.25, 0.3) is 0 Å². The van der Waals surface area contributed by atoms with Gasteiger partial charge in [-0.1, -0.05) is 70.4 Å². The number of aliphatic hydroxyl groups is 3. The Hall–Kier alpha value is -1.04. The average Bonchev–Trinajstić information content (AvgIpc) is 2.69.